The lowest BCUT2D eigenvalue weighted by Gasteiger charge is -2.15. The van der Waals surface area contributed by atoms with Gasteiger partial charge in [-0.1, -0.05) is 17.7 Å². The van der Waals surface area contributed by atoms with Crippen LogP contribution in [-0.2, 0) is 4.79 Å². The fraction of sp³-hybridized carbons (Fsp3) is 0.222. The number of carbonyl (C=O) groups excluding carboxylic acids is 2. The van der Waals surface area contributed by atoms with Crippen molar-refractivity contribution in [1.29, 1.82) is 0 Å². The molecule has 2 aromatic rings. The number of hydrogen-bond donors (Lipinski definition) is 4. The first kappa shape index (κ1) is 19.6. The zero-order valence-electron chi connectivity index (χ0n) is 14.4. The Kier molecular flexibility index (Phi) is 6.82. The summed E-state index contributed by atoms with van der Waals surface area (Å²) in [5, 5.41) is 17.7. The number of benzene rings is 2. The first-order chi connectivity index (χ1) is 12.4. The molecule has 0 saturated carbocycles. The maximum atomic E-state index is 12.3. The zero-order valence-corrected chi connectivity index (χ0v) is 15.1. The highest BCUT2D eigenvalue weighted by Crippen LogP contribution is 2.28. The molecule has 0 aliphatic carbocycles. The zero-order chi connectivity index (χ0) is 19.1. The van der Waals surface area contributed by atoms with E-state index < -0.39 is 18.0 Å². The van der Waals surface area contributed by atoms with Crippen LogP contribution in [0.15, 0.2) is 42.5 Å². The standard InChI is InChI=1S/C18H20ClN3O4/c1-3-26-14-7-8-15(21-17(24)11(2)23)16(10-14)22-18(25)20-13-6-4-5-12(19)9-13/h4-11,23H,3H2,1-2H3,(H,21,24)(H2,20,22,25)/t11-/m1/s1. The molecule has 26 heavy (non-hydrogen) atoms. The number of rotatable bonds is 6. The summed E-state index contributed by atoms with van der Waals surface area (Å²) in [7, 11) is 0. The van der Waals surface area contributed by atoms with Crippen LogP contribution in [0.5, 0.6) is 5.75 Å². The fourth-order valence-corrected chi connectivity index (χ4v) is 2.27. The van der Waals surface area contributed by atoms with Crippen molar-refractivity contribution < 1.29 is 19.4 Å². The van der Waals surface area contributed by atoms with E-state index in [2.05, 4.69) is 16.0 Å². The Morgan fingerprint density at radius 2 is 1.88 bits per heavy atom. The van der Waals surface area contributed by atoms with E-state index in [0.717, 1.165) is 0 Å². The van der Waals surface area contributed by atoms with Gasteiger partial charge >= 0.3 is 6.03 Å². The van der Waals surface area contributed by atoms with Crippen molar-refractivity contribution in [3.63, 3.8) is 0 Å². The van der Waals surface area contributed by atoms with Gasteiger partial charge in [0.15, 0.2) is 0 Å². The molecule has 2 rings (SSSR count). The number of nitrogens with one attached hydrogen (secondary N) is 3. The molecule has 7 nitrogen and oxygen atoms in total. The van der Waals surface area contributed by atoms with Gasteiger partial charge in [-0.2, -0.15) is 0 Å². The van der Waals surface area contributed by atoms with Crippen molar-refractivity contribution in [2.45, 2.75) is 20.0 Å². The second kappa shape index (κ2) is 9.07. The molecule has 0 heterocycles. The van der Waals surface area contributed by atoms with E-state index in [9.17, 15) is 14.7 Å². The SMILES string of the molecule is CCOc1ccc(NC(=O)[C@@H](C)O)c(NC(=O)Nc2cccc(Cl)c2)c1. The van der Waals surface area contributed by atoms with Gasteiger partial charge in [0.25, 0.3) is 5.91 Å². The Bertz CT molecular complexity index is 796. The summed E-state index contributed by atoms with van der Waals surface area (Å²) in [6.45, 7) is 3.64. The number of halogens is 1. The van der Waals surface area contributed by atoms with Gasteiger partial charge in [-0.15, -0.1) is 0 Å². The molecule has 0 spiro atoms. The molecule has 0 bridgehead atoms. The van der Waals surface area contributed by atoms with Crippen LogP contribution in [-0.4, -0.2) is 29.8 Å². The van der Waals surface area contributed by atoms with Gasteiger partial charge in [0, 0.05) is 16.8 Å². The van der Waals surface area contributed by atoms with Crippen LogP contribution in [0.3, 0.4) is 0 Å². The summed E-state index contributed by atoms with van der Waals surface area (Å²) < 4.78 is 5.42. The van der Waals surface area contributed by atoms with E-state index in [1.165, 1.54) is 6.92 Å². The minimum absolute atomic E-state index is 0.324. The van der Waals surface area contributed by atoms with Gasteiger partial charge in [-0.3, -0.25) is 4.79 Å². The largest absolute Gasteiger partial charge is 0.494 e. The predicted octanol–water partition coefficient (Wildman–Crippen LogP) is 3.70. The van der Waals surface area contributed by atoms with Gasteiger partial charge in [-0.25, -0.2) is 4.79 Å². The Hall–Kier alpha value is -2.77. The third-order valence-electron chi connectivity index (χ3n) is 3.27. The summed E-state index contributed by atoms with van der Waals surface area (Å²) in [5.74, 6) is -0.0620. The van der Waals surface area contributed by atoms with Gasteiger partial charge in [0.1, 0.15) is 11.9 Å². The molecule has 0 saturated heterocycles. The number of hydrogen-bond acceptors (Lipinski definition) is 4. The summed E-state index contributed by atoms with van der Waals surface area (Å²) in [6, 6.07) is 11.0. The number of carbonyl (C=O) groups is 2. The molecule has 2 aromatic carbocycles. The topological polar surface area (TPSA) is 99.7 Å². The molecule has 0 unspecified atom stereocenters. The molecule has 0 aromatic heterocycles. The molecule has 0 fully saturated rings. The van der Waals surface area contributed by atoms with Crippen LogP contribution in [0.2, 0.25) is 5.02 Å². The Morgan fingerprint density at radius 1 is 1.12 bits per heavy atom. The predicted molar refractivity (Wildman–Crippen MR) is 102 cm³/mol. The van der Waals surface area contributed by atoms with Crippen molar-refractivity contribution >= 4 is 40.6 Å². The molecule has 0 aliphatic rings. The summed E-state index contributed by atoms with van der Waals surface area (Å²) >= 11 is 5.90. The third kappa shape index (κ3) is 5.65. The monoisotopic (exact) mass is 377 g/mol. The highest BCUT2D eigenvalue weighted by Gasteiger charge is 2.14. The van der Waals surface area contributed by atoms with E-state index in [1.807, 2.05) is 6.92 Å². The smallest absolute Gasteiger partial charge is 0.323 e. The summed E-state index contributed by atoms with van der Waals surface area (Å²) in [4.78, 5) is 24.0. The maximum Gasteiger partial charge on any atom is 0.323 e. The second-order valence-corrected chi connectivity index (χ2v) is 5.83. The van der Waals surface area contributed by atoms with E-state index in [0.29, 0.717) is 34.4 Å². The first-order valence-corrected chi connectivity index (χ1v) is 8.36. The van der Waals surface area contributed by atoms with Crippen molar-refractivity contribution in [2.75, 3.05) is 22.6 Å². The molecule has 0 radical (unpaired) electrons. The number of anilines is 3. The van der Waals surface area contributed by atoms with Crippen molar-refractivity contribution in [1.82, 2.24) is 0 Å². The molecule has 138 valence electrons. The molecule has 1 atom stereocenters. The van der Waals surface area contributed by atoms with E-state index in [4.69, 9.17) is 16.3 Å². The van der Waals surface area contributed by atoms with E-state index in [-0.39, 0.29) is 0 Å². The second-order valence-electron chi connectivity index (χ2n) is 5.40. The van der Waals surface area contributed by atoms with Crippen molar-refractivity contribution in [3.8, 4) is 5.75 Å². The normalized spacial score (nSPS) is 11.4. The number of aliphatic hydroxyl groups is 1. The lowest BCUT2D eigenvalue weighted by atomic mass is 10.2. The van der Waals surface area contributed by atoms with E-state index >= 15 is 0 Å². The minimum atomic E-state index is -1.19. The quantitative estimate of drug-likeness (QED) is 0.616. The molecular formula is C18H20ClN3O4. The van der Waals surface area contributed by atoms with Gasteiger partial charge in [0.05, 0.1) is 18.0 Å². The molecule has 0 aliphatic heterocycles. The minimum Gasteiger partial charge on any atom is -0.494 e. The van der Waals surface area contributed by atoms with Crippen LogP contribution in [0.4, 0.5) is 21.9 Å². The van der Waals surface area contributed by atoms with E-state index in [1.54, 1.807) is 42.5 Å². The van der Waals surface area contributed by atoms with Crippen LogP contribution < -0.4 is 20.7 Å². The van der Waals surface area contributed by atoms with Crippen LogP contribution in [0.25, 0.3) is 0 Å². The fourth-order valence-electron chi connectivity index (χ4n) is 2.08. The Morgan fingerprint density at radius 3 is 2.54 bits per heavy atom. The highest BCUT2D eigenvalue weighted by molar-refractivity contribution is 6.30. The summed E-state index contributed by atoms with van der Waals surface area (Å²) in [5.41, 5.74) is 1.18. The Labute approximate surface area is 156 Å². The number of aliphatic hydroxyl groups excluding tert-OH is 1. The molecule has 4 N–H and O–H groups in total. The maximum absolute atomic E-state index is 12.3. The van der Waals surface area contributed by atoms with Crippen molar-refractivity contribution in [3.05, 3.63) is 47.5 Å². The van der Waals surface area contributed by atoms with Crippen LogP contribution in [0.1, 0.15) is 13.8 Å². The number of amides is 3. The lowest BCUT2D eigenvalue weighted by molar-refractivity contribution is -0.123. The number of ether oxygens (including phenoxy) is 1. The van der Waals surface area contributed by atoms with Crippen molar-refractivity contribution in [2.24, 2.45) is 0 Å². The molecule has 8 heteroatoms. The molecular weight excluding hydrogens is 358 g/mol. The molecule has 3 amide bonds. The average Bonchev–Trinajstić information content (AvgIpc) is 2.57. The summed E-state index contributed by atoms with van der Waals surface area (Å²) in [6.07, 6.45) is -1.19. The van der Waals surface area contributed by atoms with Gasteiger partial charge < -0.3 is 25.8 Å². The van der Waals surface area contributed by atoms with Gasteiger partial charge in [0.2, 0.25) is 0 Å². The van der Waals surface area contributed by atoms with Crippen LogP contribution >= 0.6 is 11.6 Å². The van der Waals surface area contributed by atoms with Gasteiger partial charge in [-0.05, 0) is 44.2 Å². The lowest BCUT2D eigenvalue weighted by Crippen LogP contribution is -2.26. The Balaban J connectivity index is 2.19. The first-order valence-electron chi connectivity index (χ1n) is 7.98. The number of urea groups is 1. The van der Waals surface area contributed by atoms with Crippen LogP contribution in [0, 0.1) is 0 Å². The average molecular weight is 378 g/mol. The highest BCUT2D eigenvalue weighted by atomic mass is 35.5. The third-order valence-corrected chi connectivity index (χ3v) is 3.51.